The smallest absolute Gasteiger partial charge is 0.304 e. The summed E-state index contributed by atoms with van der Waals surface area (Å²) in [6, 6.07) is 2.88. The lowest BCUT2D eigenvalue weighted by Crippen LogP contribution is -2.15. The molecule has 1 aromatic rings. The summed E-state index contributed by atoms with van der Waals surface area (Å²) in [6.45, 7) is 0. The molecule has 0 atom stereocenters. The number of methoxy groups -OCH3 is 1. The monoisotopic (exact) mass is 258 g/mol. The SMILES string of the molecule is COc1cc(Cl)cc(C2(CC(=O)O)CC2)c1F. The normalized spacial score (nSPS) is 16.6. The van der Waals surface area contributed by atoms with Crippen LogP contribution in [0.5, 0.6) is 5.75 Å². The maximum atomic E-state index is 14.1. The second-order valence-corrected chi connectivity index (χ2v) is 4.76. The van der Waals surface area contributed by atoms with Crippen LogP contribution < -0.4 is 4.74 Å². The van der Waals surface area contributed by atoms with Crippen LogP contribution in [0.25, 0.3) is 0 Å². The van der Waals surface area contributed by atoms with E-state index in [4.69, 9.17) is 21.4 Å². The van der Waals surface area contributed by atoms with Gasteiger partial charge in [-0.3, -0.25) is 4.79 Å². The van der Waals surface area contributed by atoms with Crippen molar-refractivity contribution in [2.45, 2.75) is 24.7 Å². The van der Waals surface area contributed by atoms with Gasteiger partial charge >= 0.3 is 5.97 Å². The Morgan fingerprint density at radius 3 is 2.71 bits per heavy atom. The van der Waals surface area contributed by atoms with Gasteiger partial charge < -0.3 is 9.84 Å². The van der Waals surface area contributed by atoms with Crippen LogP contribution in [0.15, 0.2) is 12.1 Å². The lowest BCUT2D eigenvalue weighted by Gasteiger charge is -2.16. The van der Waals surface area contributed by atoms with Crippen molar-refractivity contribution in [3.63, 3.8) is 0 Å². The van der Waals surface area contributed by atoms with Crippen LogP contribution in [-0.4, -0.2) is 18.2 Å². The molecule has 1 fully saturated rings. The molecule has 1 aromatic carbocycles. The first kappa shape index (κ1) is 12.2. The Morgan fingerprint density at radius 1 is 1.59 bits per heavy atom. The van der Waals surface area contributed by atoms with Crippen molar-refractivity contribution in [2.24, 2.45) is 0 Å². The third-order valence-electron chi connectivity index (χ3n) is 3.14. The Morgan fingerprint density at radius 2 is 2.24 bits per heavy atom. The van der Waals surface area contributed by atoms with Gasteiger partial charge in [-0.25, -0.2) is 4.39 Å². The first-order chi connectivity index (χ1) is 7.98. The molecule has 0 spiro atoms. The number of ether oxygens (including phenoxy) is 1. The van der Waals surface area contributed by atoms with Crippen molar-refractivity contribution >= 4 is 17.6 Å². The van der Waals surface area contributed by atoms with Gasteiger partial charge in [0.25, 0.3) is 0 Å². The number of halogens is 2. The van der Waals surface area contributed by atoms with E-state index in [0.29, 0.717) is 23.4 Å². The first-order valence-electron chi connectivity index (χ1n) is 5.24. The van der Waals surface area contributed by atoms with Crippen molar-refractivity contribution in [1.82, 2.24) is 0 Å². The third-order valence-corrected chi connectivity index (χ3v) is 3.36. The van der Waals surface area contributed by atoms with E-state index in [0.717, 1.165) is 0 Å². The summed E-state index contributed by atoms with van der Waals surface area (Å²) in [5, 5.41) is 9.21. The fourth-order valence-corrected chi connectivity index (χ4v) is 2.29. The van der Waals surface area contributed by atoms with Gasteiger partial charge in [0.2, 0.25) is 0 Å². The molecule has 2 rings (SSSR count). The van der Waals surface area contributed by atoms with Gasteiger partial charge in [-0.15, -0.1) is 0 Å². The summed E-state index contributed by atoms with van der Waals surface area (Å²) in [6.07, 6.45) is 1.26. The summed E-state index contributed by atoms with van der Waals surface area (Å²) >= 11 is 5.88. The van der Waals surface area contributed by atoms with Gasteiger partial charge in [0, 0.05) is 16.5 Å². The van der Waals surface area contributed by atoms with Crippen molar-refractivity contribution in [1.29, 1.82) is 0 Å². The highest BCUT2D eigenvalue weighted by molar-refractivity contribution is 6.30. The molecule has 0 heterocycles. The van der Waals surface area contributed by atoms with Crippen LogP contribution in [0, 0.1) is 5.82 Å². The Bertz CT molecular complexity index is 469. The molecule has 1 aliphatic rings. The number of hydrogen-bond donors (Lipinski definition) is 1. The molecule has 0 aliphatic heterocycles. The zero-order valence-corrected chi connectivity index (χ0v) is 10.1. The average Bonchev–Trinajstić information content (AvgIpc) is 3.00. The minimum absolute atomic E-state index is 0.0594. The van der Waals surface area contributed by atoms with Crippen LogP contribution in [0.1, 0.15) is 24.8 Å². The van der Waals surface area contributed by atoms with E-state index in [-0.39, 0.29) is 12.2 Å². The number of hydrogen-bond acceptors (Lipinski definition) is 2. The van der Waals surface area contributed by atoms with Crippen LogP contribution >= 0.6 is 11.6 Å². The van der Waals surface area contributed by atoms with Gasteiger partial charge in [-0.05, 0) is 24.5 Å². The average molecular weight is 259 g/mol. The molecular weight excluding hydrogens is 247 g/mol. The van der Waals surface area contributed by atoms with Gasteiger partial charge in [0.1, 0.15) is 0 Å². The third kappa shape index (κ3) is 2.22. The van der Waals surface area contributed by atoms with Crippen molar-refractivity contribution in [2.75, 3.05) is 7.11 Å². The van der Waals surface area contributed by atoms with E-state index in [2.05, 4.69) is 0 Å². The van der Waals surface area contributed by atoms with E-state index in [9.17, 15) is 9.18 Å². The number of carbonyl (C=O) groups is 1. The molecule has 0 unspecified atom stereocenters. The van der Waals surface area contributed by atoms with Crippen LogP contribution in [0.2, 0.25) is 5.02 Å². The molecule has 5 heteroatoms. The largest absolute Gasteiger partial charge is 0.494 e. The van der Waals surface area contributed by atoms with Gasteiger partial charge in [0.05, 0.1) is 13.5 Å². The lowest BCUT2D eigenvalue weighted by molar-refractivity contribution is -0.137. The first-order valence-corrected chi connectivity index (χ1v) is 5.61. The molecule has 0 amide bonds. The summed E-state index contributed by atoms with van der Waals surface area (Å²) in [7, 11) is 1.36. The summed E-state index contributed by atoms with van der Waals surface area (Å²) in [5.74, 6) is -1.37. The highest BCUT2D eigenvalue weighted by Gasteiger charge is 2.48. The van der Waals surface area contributed by atoms with E-state index < -0.39 is 17.2 Å². The highest BCUT2D eigenvalue weighted by Crippen LogP contribution is 2.53. The zero-order valence-electron chi connectivity index (χ0n) is 9.30. The minimum Gasteiger partial charge on any atom is -0.494 e. The van der Waals surface area contributed by atoms with E-state index in [1.807, 2.05) is 0 Å². The standard InChI is InChI=1S/C12H12ClFO3/c1-17-9-5-7(13)4-8(11(9)14)12(2-3-12)6-10(15)16/h4-5H,2-3,6H2,1H3,(H,15,16). The molecule has 3 nitrogen and oxygen atoms in total. The molecular formula is C12H12ClFO3. The second kappa shape index (κ2) is 4.18. The topological polar surface area (TPSA) is 46.5 Å². The molecule has 0 aromatic heterocycles. The maximum Gasteiger partial charge on any atom is 0.304 e. The fraction of sp³-hybridized carbons (Fsp3) is 0.417. The molecule has 17 heavy (non-hydrogen) atoms. The number of rotatable bonds is 4. The highest BCUT2D eigenvalue weighted by atomic mass is 35.5. The van der Waals surface area contributed by atoms with Crippen molar-refractivity contribution in [3.05, 3.63) is 28.5 Å². The Hall–Kier alpha value is -1.29. The van der Waals surface area contributed by atoms with Crippen LogP contribution in [0.4, 0.5) is 4.39 Å². The second-order valence-electron chi connectivity index (χ2n) is 4.32. The van der Waals surface area contributed by atoms with Gasteiger partial charge in [-0.1, -0.05) is 11.6 Å². The van der Waals surface area contributed by atoms with Crippen LogP contribution in [-0.2, 0) is 10.2 Å². The fourth-order valence-electron chi connectivity index (χ4n) is 2.08. The number of aliphatic carboxylic acids is 1. The zero-order chi connectivity index (χ0) is 12.6. The molecule has 0 saturated heterocycles. The van der Waals surface area contributed by atoms with E-state index >= 15 is 0 Å². The summed E-state index contributed by atoms with van der Waals surface area (Å²) < 4.78 is 18.9. The predicted octanol–water partition coefficient (Wildman–Crippen LogP) is 2.99. The van der Waals surface area contributed by atoms with Gasteiger partial charge in [0.15, 0.2) is 11.6 Å². The summed E-state index contributed by atoms with van der Waals surface area (Å²) in [5.41, 5.74) is -0.252. The molecule has 1 saturated carbocycles. The number of carboxylic acid groups (broad SMARTS) is 1. The molecule has 1 aliphatic carbocycles. The van der Waals surface area contributed by atoms with Gasteiger partial charge in [-0.2, -0.15) is 0 Å². The Kier molecular flexibility index (Phi) is 3.00. The number of carboxylic acids is 1. The lowest BCUT2D eigenvalue weighted by atomic mass is 9.91. The summed E-state index contributed by atoms with van der Waals surface area (Å²) in [4.78, 5) is 10.8. The van der Waals surface area contributed by atoms with Crippen LogP contribution in [0.3, 0.4) is 0 Å². The molecule has 1 N–H and O–H groups in total. The Labute approximate surface area is 103 Å². The van der Waals surface area contributed by atoms with Crippen molar-refractivity contribution < 1.29 is 19.0 Å². The maximum absolute atomic E-state index is 14.1. The quantitative estimate of drug-likeness (QED) is 0.903. The molecule has 0 bridgehead atoms. The molecule has 92 valence electrons. The van der Waals surface area contributed by atoms with E-state index in [1.54, 1.807) is 0 Å². The van der Waals surface area contributed by atoms with E-state index in [1.165, 1.54) is 19.2 Å². The molecule has 0 radical (unpaired) electrons. The minimum atomic E-state index is -0.930. The van der Waals surface area contributed by atoms with Crippen molar-refractivity contribution in [3.8, 4) is 5.75 Å². The Balaban J connectivity index is 2.45. The predicted molar refractivity (Wildman–Crippen MR) is 61.1 cm³/mol. The number of benzene rings is 1.